The standard InChI is InChI=1S/C19H26N6O2S/c26-28(27,25-11-3-1-2-4-12-25)21-13-16-14-24(15-16)19-6-5-18(22-23-19)17-7-9-20-10-8-17/h5-10,16,21H,1-4,11-15H2. The van der Waals surface area contributed by atoms with Gasteiger partial charge in [-0.15, -0.1) is 10.2 Å². The molecule has 0 saturated carbocycles. The lowest BCUT2D eigenvalue weighted by Crippen LogP contribution is -2.53. The van der Waals surface area contributed by atoms with E-state index in [1.54, 1.807) is 16.7 Å². The monoisotopic (exact) mass is 402 g/mol. The van der Waals surface area contributed by atoms with E-state index in [0.717, 1.165) is 55.8 Å². The normalized spacial score (nSPS) is 19.2. The van der Waals surface area contributed by atoms with Crippen molar-refractivity contribution < 1.29 is 8.42 Å². The van der Waals surface area contributed by atoms with Crippen LogP contribution in [0.3, 0.4) is 0 Å². The van der Waals surface area contributed by atoms with Gasteiger partial charge in [0.2, 0.25) is 0 Å². The van der Waals surface area contributed by atoms with Crippen molar-refractivity contribution in [1.29, 1.82) is 0 Å². The molecule has 4 heterocycles. The van der Waals surface area contributed by atoms with E-state index in [9.17, 15) is 8.42 Å². The third-order valence-corrected chi connectivity index (χ3v) is 6.94. The number of rotatable bonds is 6. The van der Waals surface area contributed by atoms with Gasteiger partial charge in [-0.2, -0.15) is 12.7 Å². The van der Waals surface area contributed by atoms with Crippen LogP contribution in [0.1, 0.15) is 25.7 Å². The van der Waals surface area contributed by atoms with Gasteiger partial charge in [-0.25, -0.2) is 4.72 Å². The smallest absolute Gasteiger partial charge is 0.279 e. The summed E-state index contributed by atoms with van der Waals surface area (Å²) < 4.78 is 29.3. The topological polar surface area (TPSA) is 91.3 Å². The number of aromatic nitrogens is 3. The van der Waals surface area contributed by atoms with E-state index in [-0.39, 0.29) is 0 Å². The Bertz CT molecular complexity index is 861. The molecular formula is C19H26N6O2S. The van der Waals surface area contributed by atoms with Crippen molar-refractivity contribution in [3.05, 3.63) is 36.7 Å². The first-order chi connectivity index (χ1) is 13.6. The maximum absolute atomic E-state index is 12.5. The molecule has 28 heavy (non-hydrogen) atoms. The number of pyridine rings is 1. The Morgan fingerprint density at radius 3 is 2.32 bits per heavy atom. The average Bonchev–Trinajstić information content (AvgIpc) is 2.98. The fourth-order valence-electron chi connectivity index (χ4n) is 3.65. The van der Waals surface area contributed by atoms with Crippen molar-refractivity contribution in [3.63, 3.8) is 0 Å². The molecule has 4 rings (SSSR count). The Morgan fingerprint density at radius 2 is 1.68 bits per heavy atom. The number of hydrogen-bond acceptors (Lipinski definition) is 6. The fraction of sp³-hybridized carbons (Fsp3) is 0.526. The highest BCUT2D eigenvalue weighted by molar-refractivity contribution is 7.87. The van der Waals surface area contributed by atoms with Gasteiger partial charge in [0.1, 0.15) is 0 Å². The number of nitrogens with one attached hydrogen (secondary N) is 1. The summed E-state index contributed by atoms with van der Waals surface area (Å²) in [4.78, 5) is 6.13. The quantitative estimate of drug-likeness (QED) is 0.791. The summed E-state index contributed by atoms with van der Waals surface area (Å²) in [5, 5.41) is 8.61. The van der Waals surface area contributed by atoms with E-state index in [2.05, 4.69) is 24.8 Å². The van der Waals surface area contributed by atoms with E-state index in [1.165, 1.54) is 0 Å². The molecule has 0 spiro atoms. The largest absolute Gasteiger partial charge is 0.354 e. The van der Waals surface area contributed by atoms with E-state index >= 15 is 0 Å². The van der Waals surface area contributed by atoms with Crippen LogP contribution in [0.15, 0.2) is 36.7 Å². The Morgan fingerprint density at radius 1 is 0.964 bits per heavy atom. The minimum Gasteiger partial charge on any atom is -0.354 e. The first kappa shape index (κ1) is 19.2. The average molecular weight is 403 g/mol. The van der Waals surface area contributed by atoms with Crippen molar-refractivity contribution in [3.8, 4) is 11.3 Å². The van der Waals surface area contributed by atoms with Crippen molar-refractivity contribution in [2.45, 2.75) is 25.7 Å². The minimum absolute atomic E-state index is 0.295. The summed E-state index contributed by atoms with van der Waals surface area (Å²) in [6, 6.07) is 7.72. The maximum Gasteiger partial charge on any atom is 0.279 e. The predicted octanol–water partition coefficient (Wildman–Crippen LogP) is 1.69. The molecule has 2 aliphatic heterocycles. The lowest BCUT2D eigenvalue weighted by molar-refractivity contribution is 0.381. The van der Waals surface area contributed by atoms with Gasteiger partial charge in [-0.05, 0) is 37.1 Å². The van der Waals surface area contributed by atoms with Gasteiger partial charge >= 0.3 is 0 Å². The van der Waals surface area contributed by atoms with Crippen LogP contribution in [0.2, 0.25) is 0 Å². The van der Waals surface area contributed by atoms with Crippen LogP contribution in [0.5, 0.6) is 0 Å². The first-order valence-electron chi connectivity index (χ1n) is 9.86. The highest BCUT2D eigenvalue weighted by atomic mass is 32.2. The number of nitrogens with zero attached hydrogens (tertiary/aromatic N) is 5. The highest BCUT2D eigenvalue weighted by Gasteiger charge is 2.30. The molecule has 0 unspecified atom stereocenters. The third kappa shape index (κ3) is 4.48. The second-order valence-electron chi connectivity index (χ2n) is 7.45. The van der Waals surface area contributed by atoms with E-state index < -0.39 is 10.2 Å². The lowest BCUT2D eigenvalue weighted by atomic mass is 10.0. The molecule has 2 saturated heterocycles. The molecule has 150 valence electrons. The zero-order valence-corrected chi connectivity index (χ0v) is 16.7. The third-order valence-electron chi connectivity index (χ3n) is 5.37. The van der Waals surface area contributed by atoms with Gasteiger partial charge in [0, 0.05) is 56.6 Å². The number of anilines is 1. The molecule has 2 aliphatic rings. The molecular weight excluding hydrogens is 376 g/mol. The molecule has 0 bridgehead atoms. The Labute approximate surface area is 166 Å². The van der Waals surface area contributed by atoms with Crippen LogP contribution in [0.25, 0.3) is 11.3 Å². The van der Waals surface area contributed by atoms with E-state index in [4.69, 9.17) is 0 Å². The molecule has 9 heteroatoms. The van der Waals surface area contributed by atoms with Crippen LogP contribution in [-0.4, -0.2) is 60.6 Å². The van der Waals surface area contributed by atoms with Crippen molar-refractivity contribution in [2.75, 3.05) is 37.6 Å². The molecule has 0 radical (unpaired) electrons. The van der Waals surface area contributed by atoms with Crippen LogP contribution < -0.4 is 9.62 Å². The predicted molar refractivity (Wildman–Crippen MR) is 108 cm³/mol. The first-order valence-corrected chi connectivity index (χ1v) is 11.3. The fourth-order valence-corrected chi connectivity index (χ4v) is 5.02. The summed E-state index contributed by atoms with van der Waals surface area (Å²) in [5.41, 5.74) is 1.80. The summed E-state index contributed by atoms with van der Waals surface area (Å²) >= 11 is 0. The SMILES string of the molecule is O=S(=O)(NCC1CN(c2ccc(-c3ccncc3)nn2)C1)N1CCCCCC1. The van der Waals surface area contributed by atoms with E-state index in [1.807, 2.05) is 24.3 Å². The van der Waals surface area contributed by atoms with Gasteiger partial charge < -0.3 is 4.90 Å². The molecule has 2 aromatic heterocycles. The molecule has 2 fully saturated rings. The van der Waals surface area contributed by atoms with Crippen LogP contribution in [-0.2, 0) is 10.2 Å². The summed E-state index contributed by atoms with van der Waals surface area (Å²) in [6.07, 6.45) is 7.60. The summed E-state index contributed by atoms with van der Waals surface area (Å²) in [6.45, 7) is 3.30. The Hall–Kier alpha value is -2.10. The molecule has 0 amide bonds. The summed E-state index contributed by atoms with van der Waals surface area (Å²) in [5.74, 6) is 1.12. The van der Waals surface area contributed by atoms with Gasteiger partial charge in [-0.3, -0.25) is 4.98 Å². The van der Waals surface area contributed by atoms with Gasteiger partial charge in [0.15, 0.2) is 5.82 Å². The van der Waals surface area contributed by atoms with Crippen LogP contribution in [0, 0.1) is 5.92 Å². The summed E-state index contributed by atoms with van der Waals surface area (Å²) in [7, 11) is -3.36. The minimum atomic E-state index is -3.36. The van der Waals surface area contributed by atoms with Gasteiger partial charge in [-0.1, -0.05) is 12.8 Å². The lowest BCUT2D eigenvalue weighted by Gasteiger charge is -2.40. The Kier molecular flexibility index (Phi) is 5.84. The molecule has 2 aromatic rings. The van der Waals surface area contributed by atoms with Gasteiger partial charge in [0.05, 0.1) is 5.69 Å². The molecule has 0 aliphatic carbocycles. The molecule has 1 N–H and O–H groups in total. The van der Waals surface area contributed by atoms with Crippen molar-refractivity contribution in [2.24, 2.45) is 5.92 Å². The second kappa shape index (κ2) is 8.50. The Balaban J connectivity index is 1.26. The van der Waals surface area contributed by atoms with Crippen molar-refractivity contribution in [1.82, 2.24) is 24.2 Å². The maximum atomic E-state index is 12.5. The van der Waals surface area contributed by atoms with Crippen LogP contribution in [0.4, 0.5) is 5.82 Å². The molecule has 8 nitrogen and oxygen atoms in total. The number of hydrogen-bond donors (Lipinski definition) is 1. The van der Waals surface area contributed by atoms with Gasteiger partial charge in [0.25, 0.3) is 10.2 Å². The molecule has 0 atom stereocenters. The molecule has 0 aromatic carbocycles. The van der Waals surface area contributed by atoms with E-state index in [0.29, 0.717) is 25.6 Å². The second-order valence-corrected chi connectivity index (χ2v) is 9.21. The highest BCUT2D eigenvalue weighted by Crippen LogP contribution is 2.24. The van der Waals surface area contributed by atoms with Crippen molar-refractivity contribution >= 4 is 16.0 Å². The van der Waals surface area contributed by atoms with Crippen LogP contribution >= 0.6 is 0 Å². The zero-order valence-electron chi connectivity index (χ0n) is 15.9. The zero-order chi connectivity index (χ0) is 19.4.